The summed E-state index contributed by atoms with van der Waals surface area (Å²) in [6.07, 6.45) is -0.187. The number of fused-ring (bicyclic) bond motifs is 1. The summed E-state index contributed by atoms with van der Waals surface area (Å²) in [7, 11) is -0.564. The first-order valence-corrected chi connectivity index (χ1v) is 9.93. The van der Waals surface area contributed by atoms with Gasteiger partial charge in [0.25, 0.3) is 5.91 Å². The number of ether oxygens (including phenoxy) is 1. The Morgan fingerprint density at radius 3 is 2.48 bits per heavy atom. The van der Waals surface area contributed by atoms with Gasteiger partial charge in [-0.15, -0.1) is 0 Å². The Hall–Kier alpha value is -2.45. The third-order valence-electron chi connectivity index (χ3n) is 4.47. The lowest BCUT2D eigenvalue weighted by atomic mass is 10.2. The van der Waals surface area contributed by atoms with E-state index in [0.29, 0.717) is 24.4 Å². The number of sulfonamides is 1. The Kier molecular flexibility index (Phi) is 5.21. The second-order valence-electron chi connectivity index (χ2n) is 6.53. The monoisotopic (exact) mass is 392 g/mol. The van der Waals surface area contributed by atoms with Crippen molar-refractivity contribution < 1.29 is 22.3 Å². The lowest BCUT2D eigenvalue weighted by Gasteiger charge is -2.22. The zero-order chi connectivity index (χ0) is 19.8. The second kappa shape index (κ2) is 7.28. The molecular formula is C19H21FN2O4S. The topological polar surface area (TPSA) is 66.9 Å². The highest BCUT2D eigenvalue weighted by Gasteiger charge is 2.30. The van der Waals surface area contributed by atoms with Crippen LogP contribution in [-0.4, -0.2) is 45.4 Å². The summed E-state index contributed by atoms with van der Waals surface area (Å²) in [5, 5.41) is 0. The highest BCUT2D eigenvalue weighted by atomic mass is 32.2. The first-order valence-electron chi connectivity index (χ1n) is 8.49. The highest BCUT2D eigenvalue weighted by molar-refractivity contribution is 7.89. The molecule has 0 saturated heterocycles. The van der Waals surface area contributed by atoms with Gasteiger partial charge in [0.05, 0.1) is 4.90 Å². The number of rotatable bonds is 5. The van der Waals surface area contributed by atoms with Crippen molar-refractivity contribution in [2.45, 2.75) is 24.3 Å². The minimum atomic E-state index is -3.52. The smallest absolute Gasteiger partial charge is 0.267 e. The number of hydrogen-bond donors (Lipinski definition) is 0. The van der Waals surface area contributed by atoms with E-state index in [9.17, 15) is 17.6 Å². The van der Waals surface area contributed by atoms with Crippen LogP contribution in [0.25, 0.3) is 0 Å². The molecule has 0 radical (unpaired) electrons. The summed E-state index contributed by atoms with van der Waals surface area (Å²) in [5.41, 5.74) is 1.49. The van der Waals surface area contributed by atoms with Crippen LogP contribution in [0.3, 0.4) is 0 Å². The third kappa shape index (κ3) is 3.81. The fourth-order valence-corrected chi connectivity index (χ4v) is 3.92. The SMILES string of the molecule is CC(Oc1ccc(F)cc1)C(=O)N1CCc2cc(S(=O)(=O)N(C)C)ccc21. The van der Waals surface area contributed by atoms with Gasteiger partial charge in [-0.05, 0) is 61.4 Å². The fourth-order valence-electron chi connectivity index (χ4n) is 2.97. The van der Waals surface area contributed by atoms with Crippen molar-refractivity contribution in [2.75, 3.05) is 25.5 Å². The van der Waals surface area contributed by atoms with E-state index in [1.54, 1.807) is 24.0 Å². The van der Waals surface area contributed by atoms with Crippen molar-refractivity contribution in [1.82, 2.24) is 4.31 Å². The maximum absolute atomic E-state index is 13.0. The van der Waals surface area contributed by atoms with Gasteiger partial charge < -0.3 is 9.64 Å². The van der Waals surface area contributed by atoms with E-state index in [1.807, 2.05) is 0 Å². The van der Waals surface area contributed by atoms with E-state index in [2.05, 4.69) is 0 Å². The van der Waals surface area contributed by atoms with Crippen molar-refractivity contribution >= 4 is 21.6 Å². The van der Waals surface area contributed by atoms with Gasteiger partial charge in [-0.1, -0.05) is 0 Å². The van der Waals surface area contributed by atoms with Gasteiger partial charge >= 0.3 is 0 Å². The molecule has 0 aliphatic carbocycles. The molecule has 0 spiro atoms. The second-order valence-corrected chi connectivity index (χ2v) is 8.68. The molecule has 144 valence electrons. The summed E-state index contributed by atoms with van der Waals surface area (Å²) in [6, 6.07) is 10.2. The Bertz CT molecular complexity index is 958. The van der Waals surface area contributed by atoms with Gasteiger partial charge in [-0.2, -0.15) is 0 Å². The molecule has 1 atom stereocenters. The van der Waals surface area contributed by atoms with Crippen LogP contribution in [0.2, 0.25) is 0 Å². The molecule has 0 bridgehead atoms. The van der Waals surface area contributed by atoms with Gasteiger partial charge in [0.15, 0.2) is 6.10 Å². The molecule has 0 N–H and O–H groups in total. The molecule has 0 saturated carbocycles. The molecule has 3 rings (SSSR count). The van der Waals surface area contributed by atoms with Crippen LogP contribution in [-0.2, 0) is 21.2 Å². The first-order chi connectivity index (χ1) is 12.7. The number of anilines is 1. The number of amides is 1. The molecular weight excluding hydrogens is 371 g/mol. The summed E-state index contributed by atoms with van der Waals surface area (Å²) in [4.78, 5) is 14.6. The van der Waals surface area contributed by atoms with Crippen molar-refractivity contribution in [3.05, 3.63) is 53.8 Å². The van der Waals surface area contributed by atoms with Gasteiger partial charge in [0.1, 0.15) is 11.6 Å². The van der Waals surface area contributed by atoms with E-state index < -0.39 is 16.1 Å². The maximum atomic E-state index is 13.0. The largest absolute Gasteiger partial charge is 0.481 e. The van der Waals surface area contributed by atoms with Crippen molar-refractivity contribution in [2.24, 2.45) is 0 Å². The van der Waals surface area contributed by atoms with Gasteiger partial charge in [-0.25, -0.2) is 17.1 Å². The summed E-state index contributed by atoms with van der Waals surface area (Å²) < 4.78 is 44.3. The number of carbonyl (C=O) groups excluding carboxylic acids is 1. The minimum Gasteiger partial charge on any atom is -0.481 e. The van der Waals surface area contributed by atoms with Gasteiger partial charge in [0, 0.05) is 26.3 Å². The van der Waals surface area contributed by atoms with Crippen LogP contribution >= 0.6 is 0 Å². The van der Waals surface area contributed by atoms with Crippen molar-refractivity contribution in [3.63, 3.8) is 0 Å². The number of hydrogen-bond acceptors (Lipinski definition) is 4. The number of halogens is 1. The summed E-state index contributed by atoms with van der Waals surface area (Å²) in [5.74, 6) is -0.205. The standard InChI is InChI=1S/C19H21FN2O4S/c1-13(26-16-6-4-15(20)5-7-16)19(23)22-11-10-14-12-17(8-9-18(14)22)27(24,25)21(2)3/h4-9,12-13H,10-11H2,1-3H3. The molecule has 1 amide bonds. The van der Waals surface area contributed by atoms with E-state index in [0.717, 1.165) is 9.87 Å². The molecule has 1 unspecified atom stereocenters. The van der Waals surface area contributed by atoms with Crippen LogP contribution in [0.1, 0.15) is 12.5 Å². The Morgan fingerprint density at radius 1 is 1.19 bits per heavy atom. The van der Waals surface area contributed by atoms with E-state index in [1.165, 1.54) is 44.4 Å². The molecule has 1 aliphatic rings. The average molecular weight is 392 g/mol. The Balaban J connectivity index is 1.78. The minimum absolute atomic E-state index is 0.205. The number of benzene rings is 2. The summed E-state index contributed by atoms with van der Waals surface area (Å²) >= 11 is 0. The molecule has 2 aromatic rings. The molecule has 2 aromatic carbocycles. The van der Waals surface area contributed by atoms with E-state index in [-0.39, 0.29) is 16.6 Å². The lowest BCUT2D eigenvalue weighted by molar-refractivity contribution is -0.124. The predicted octanol–water partition coefficient (Wildman–Crippen LogP) is 2.43. The zero-order valence-electron chi connectivity index (χ0n) is 15.3. The maximum Gasteiger partial charge on any atom is 0.267 e. The van der Waals surface area contributed by atoms with Crippen LogP contribution in [0, 0.1) is 5.82 Å². The van der Waals surface area contributed by atoms with Gasteiger partial charge in [0.2, 0.25) is 10.0 Å². The van der Waals surface area contributed by atoms with Crippen molar-refractivity contribution in [3.8, 4) is 5.75 Å². The number of carbonyl (C=O) groups is 1. The molecule has 6 nitrogen and oxygen atoms in total. The molecule has 27 heavy (non-hydrogen) atoms. The summed E-state index contributed by atoms with van der Waals surface area (Å²) in [6.45, 7) is 2.09. The molecule has 1 heterocycles. The van der Waals surface area contributed by atoms with Crippen LogP contribution in [0.5, 0.6) is 5.75 Å². The lowest BCUT2D eigenvalue weighted by Crippen LogP contribution is -2.39. The van der Waals surface area contributed by atoms with Gasteiger partial charge in [-0.3, -0.25) is 4.79 Å². The van der Waals surface area contributed by atoms with Crippen LogP contribution in [0.15, 0.2) is 47.4 Å². The van der Waals surface area contributed by atoms with Crippen LogP contribution < -0.4 is 9.64 Å². The zero-order valence-corrected chi connectivity index (χ0v) is 16.2. The fraction of sp³-hybridized carbons (Fsp3) is 0.316. The molecule has 0 fully saturated rings. The molecule has 1 aliphatic heterocycles. The molecule has 0 aromatic heterocycles. The van der Waals surface area contributed by atoms with E-state index in [4.69, 9.17) is 4.74 Å². The van der Waals surface area contributed by atoms with Crippen LogP contribution in [0.4, 0.5) is 10.1 Å². The Morgan fingerprint density at radius 2 is 1.85 bits per heavy atom. The highest BCUT2D eigenvalue weighted by Crippen LogP contribution is 2.31. The molecule has 8 heteroatoms. The first kappa shape index (κ1) is 19.3. The quantitative estimate of drug-likeness (QED) is 0.784. The normalized spacial score (nSPS) is 14.9. The number of nitrogens with zero attached hydrogens (tertiary/aromatic N) is 2. The Labute approximate surface area is 158 Å². The van der Waals surface area contributed by atoms with E-state index >= 15 is 0 Å². The average Bonchev–Trinajstić information content (AvgIpc) is 3.06. The predicted molar refractivity (Wildman–Crippen MR) is 99.9 cm³/mol. The van der Waals surface area contributed by atoms with Crippen molar-refractivity contribution in [1.29, 1.82) is 0 Å². The third-order valence-corrected chi connectivity index (χ3v) is 6.28.